The van der Waals surface area contributed by atoms with Crippen LogP contribution in [0.25, 0.3) is 0 Å². The van der Waals surface area contributed by atoms with Crippen molar-refractivity contribution in [1.29, 1.82) is 0 Å². The Morgan fingerprint density at radius 3 is 1.75 bits per heavy atom. The van der Waals surface area contributed by atoms with Crippen LogP contribution < -0.4 is 16.0 Å². The summed E-state index contributed by atoms with van der Waals surface area (Å²) >= 11 is 0. The molecule has 184 valence electrons. The molecule has 0 radical (unpaired) electrons. The summed E-state index contributed by atoms with van der Waals surface area (Å²) in [7, 11) is 0. The van der Waals surface area contributed by atoms with Crippen molar-refractivity contribution >= 4 is 29.7 Å². The van der Waals surface area contributed by atoms with Crippen LogP contribution in [0, 0.1) is 11.8 Å². The Bertz CT molecular complexity index is 684. The van der Waals surface area contributed by atoms with Gasteiger partial charge in [-0.2, -0.15) is 0 Å². The molecule has 0 saturated heterocycles. The molecule has 0 fully saturated rings. The molecule has 0 saturated carbocycles. The fraction of sp³-hybridized carbons (Fsp3) is 0.773. The minimum Gasteiger partial charge on any atom is -0.463 e. The third kappa shape index (κ3) is 12.3. The molecule has 0 bridgehead atoms. The first-order valence-corrected chi connectivity index (χ1v) is 10.8. The summed E-state index contributed by atoms with van der Waals surface area (Å²) in [5, 5.41) is 7.68. The Labute approximate surface area is 190 Å². The minimum absolute atomic E-state index is 0.0396. The zero-order valence-electron chi connectivity index (χ0n) is 20.7. The quantitative estimate of drug-likeness (QED) is 0.394. The van der Waals surface area contributed by atoms with E-state index in [1.165, 1.54) is 13.8 Å². The maximum Gasteiger partial charge on any atom is 0.329 e. The summed E-state index contributed by atoms with van der Waals surface area (Å²) in [6, 6.07) is -3.04. The van der Waals surface area contributed by atoms with Crippen LogP contribution in [0.5, 0.6) is 0 Å². The van der Waals surface area contributed by atoms with Crippen LogP contribution in [0.15, 0.2) is 0 Å². The number of carbonyl (C=O) groups excluding carboxylic acids is 5. The molecule has 0 aliphatic heterocycles. The number of hydrogen-bond donors (Lipinski definition) is 3. The van der Waals surface area contributed by atoms with Crippen molar-refractivity contribution in [3.8, 4) is 0 Å². The van der Waals surface area contributed by atoms with Crippen molar-refractivity contribution < 1.29 is 33.4 Å². The highest BCUT2D eigenvalue weighted by Gasteiger charge is 2.33. The summed E-state index contributed by atoms with van der Waals surface area (Å²) < 4.78 is 10.3. The minimum atomic E-state index is -1.16. The van der Waals surface area contributed by atoms with Gasteiger partial charge in [-0.1, -0.05) is 27.7 Å². The van der Waals surface area contributed by atoms with Crippen molar-refractivity contribution in [2.75, 3.05) is 6.61 Å². The van der Waals surface area contributed by atoms with Gasteiger partial charge in [0.25, 0.3) is 0 Å². The Hall–Kier alpha value is -2.65. The molecular formula is C22H39N3O7. The highest BCUT2D eigenvalue weighted by molar-refractivity contribution is 5.93. The Morgan fingerprint density at radius 1 is 0.812 bits per heavy atom. The number of hydrogen-bond acceptors (Lipinski definition) is 7. The highest BCUT2D eigenvalue weighted by Crippen LogP contribution is 2.13. The van der Waals surface area contributed by atoms with E-state index in [9.17, 15) is 24.0 Å². The van der Waals surface area contributed by atoms with Crippen LogP contribution in [0.2, 0.25) is 0 Å². The smallest absolute Gasteiger partial charge is 0.329 e. The van der Waals surface area contributed by atoms with Crippen molar-refractivity contribution in [2.45, 2.75) is 92.5 Å². The summed E-state index contributed by atoms with van der Waals surface area (Å²) in [5.41, 5.74) is -0.719. The first kappa shape index (κ1) is 29.4. The van der Waals surface area contributed by atoms with Gasteiger partial charge in [-0.15, -0.1) is 0 Å². The van der Waals surface area contributed by atoms with Crippen molar-refractivity contribution in [3.63, 3.8) is 0 Å². The first-order valence-electron chi connectivity index (χ1n) is 10.8. The molecule has 0 aromatic carbocycles. The van der Waals surface area contributed by atoms with E-state index >= 15 is 0 Å². The van der Waals surface area contributed by atoms with Crippen molar-refractivity contribution in [3.05, 3.63) is 0 Å². The molecule has 0 unspecified atom stereocenters. The summed E-state index contributed by atoms with van der Waals surface area (Å²) in [5.74, 6) is -3.11. The second-order valence-electron chi connectivity index (χ2n) is 9.51. The molecule has 0 aromatic heterocycles. The van der Waals surface area contributed by atoms with E-state index in [4.69, 9.17) is 9.47 Å². The van der Waals surface area contributed by atoms with Crippen LogP contribution >= 0.6 is 0 Å². The molecule has 3 amide bonds. The first-order chi connectivity index (χ1) is 14.5. The van der Waals surface area contributed by atoms with Gasteiger partial charge in [0, 0.05) is 13.8 Å². The molecule has 0 spiro atoms. The molecule has 3 N–H and O–H groups in total. The fourth-order valence-corrected chi connectivity index (χ4v) is 2.72. The van der Waals surface area contributed by atoms with Crippen LogP contribution in [0.3, 0.4) is 0 Å². The average Bonchev–Trinajstić information content (AvgIpc) is 2.59. The van der Waals surface area contributed by atoms with Gasteiger partial charge in [-0.3, -0.25) is 19.2 Å². The molecule has 0 rings (SSSR count). The number of ether oxygens (including phenoxy) is 2. The van der Waals surface area contributed by atoms with Crippen LogP contribution in [-0.2, 0) is 33.4 Å². The molecule has 3 atom stereocenters. The van der Waals surface area contributed by atoms with Crippen molar-refractivity contribution in [1.82, 2.24) is 16.0 Å². The SMILES string of the molecule is CC(=O)N[C@@H](COC(C)=O)C(=O)N[C@@H](CC(C)C)C(=O)N[C@H](C(=O)OC(C)(C)C)C(C)C. The third-order valence-corrected chi connectivity index (χ3v) is 4.11. The Kier molecular flexibility index (Phi) is 11.9. The molecule has 0 aromatic rings. The van der Waals surface area contributed by atoms with E-state index in [0.717, 1.165) is 0 Å². The molecule has 32 heavy (non-hydrogen) atoms. The van der Waals surface area contributed by atoms with Gasteiger partial charge in [0.1, 0.15) is 30.3 Å². The normalized spacial score (nSPS) is 14.2. The van der Waals surface area contributed by atoms with Gasteiger partial charge in [-0.25, -0.2) is 4.79 Å². The van der Waals surface area contributed by atoms with E-state index < -0.39 is 53.4 Å². The number of nitrogens with one attached hydrogen (secondary N) is 3. The van der Waals surface area contributed by atoms with Gasteiger partial charge in [0.15, 0.2) is 0 Å². The zero-order chi connectivity index (χ0) is 25.2. The van der Waals surface area contributed by atoms with Crippen molar-refractivity contribution in [2.24, 2.45) is 11.8 Å². The van der Waals surface area contributed by atoms with E-state index in [0.29, 0.717) is 0 Å². The van der Waals surface area contributed by atoms with Crippen LogP contribution in [-0.4, -0.2) is 60.0 Å². The van der Waals surface area contributed by atoms with Gasteiger partial charge < -0.3 is 25.4 Å². The number of rotatable bonds is 11. The lowest BCUT2D eigenvalue weighted by Crippen LogP contribution is -2.58. The lowest BCUT2D eigenvalue weighted by atomic mass is 10.00. The standard InChI is InChI=1S/C22H39N3O7/c1-12(2)10-16(24-20(29)17(23-14(5)26)11-31-15(6)27)19(28)25-18(13(3)4)21(30)32-22(7,8)9/h12-13,16-18H,10-11H2,1-9H3,(H,23,26)(H,24,29)(H,25,28)/t16-,17-,18-/m0/s1. The maximum atomic E-state index is 13.0. The van der Waals surface area contributed by atoms with Crippen LogP contribution in [0.1, 0.15) is 68.7 Å². The van der Waals surface area contributed by atoms with Crippen LogP contribution in [0.4, 0.5) is 0 Å². The number of esters is 2. The molecule has 0 aliphatic rings. The van der Waals surface area contributed by atoms with Gasteiger partial charge >= 0.3 is 11.9 Å². The average molecular weight is 458 g/mol. The van der Waals surface area contributed by atoms with E-state index in [1.54, 1.807) is 34.6 Å². The summed E-state index contributed by atoms with van der Waals surface area (Å²) in [4.78, 5) is 60.9. The topological polar surface area (TPSA) is 140 Å². The summed E-state index contributed by atoms with van der Waals surface area (Å²) in [6.07, 6.45) is 0.289. The number of carbonyl (C=O) groups is 5. The second kappa shape index (κ2) is 13.0. The monoisotopic (exact) mass is 457 g/mol. The fourth-order valence-electron chi connectivity index (χ4n) is 2.72. The van der Waals surface area contributed by atoms with E-state index in [-0.39, 0.29) is 24.9 Å². The largest absolute Gasteiger partial charge is 0.463 e. The Morgan fingerprint density at radius 2 is 1.34 bits per heavy atom. The zero-order valence-corrected chi connectivity index (χ0v) is 20.7. The lowest BCUT2D eigenvalue weighted by molar-refractivity contribution is -0.160. The van der Waals surface area contributed by atoms with Gasteiger partial charge in [-0.05, 0) is 39.0 Å². The third-order valence-electron chi connectivity index (χ3n) is 4.11. The molecule has 10 heteroatoms. The molecule has 10 nitrogen and oxygen atoms in total. The van der Waals surface area contributed by atoms with Gasteiger partial charge in [0.2, 0.25) is 17.7 Å². The maximum absolute atomic E-state index is 13.0. The second-order valence-corrected chi connectivity index (χ2v) is 9.51. The van der Waals surface area contributed by atoms with E-state index in [1.807, 2.05) is 13.8 Å². The predicted molar refractivity (Wildman–Crippen MR) is 118 cm³/mol. The Balaban J connectivity index is 5.52. The van der Waals surface area contributed by atoms with Gasteiger partial charge in [0.05, 0.1) is 0 Å². The molecular weight excluding hydrogens is 418 g/mol. The van der Waals surface area contributed by atoms with E-state index in [2.05, 4.69) is 16.0 Å². The molecule has 0 aliphatic carbocycles. The number of amides is 3. The molecule has 0 heterocycles. The summed E-state index contributed by atoms with van der Waals surface area (Å²) in [6.45, 7) is 14.5. The highest BCUT2D eigenvalue weighted by atomic mass is 16.6. The lowest BCUT2D eigenvalue weighted by Gasteiger charge is -2.29. The predicted octanol–water partition coefficient (Wildman–Crippen LogP) is 1.07.